The van der Waals surface area contributed by atoms with E-state index in [9.17, 15) is 18.0 Å². The molecule has 0 saturated heterocycles. The summed E-state index contributed by atoms with van der Waals surface area (Å²) in [5, 5.41) is 4.21. The molecule has 1 aromatic carbocycles. The Bertz CT molecular complexity index is 793. The van der Waals surface area contributed by atoms with Crippen molar-refractivity contribution in [2.24, 2.45) is 7.05 Å². The number of anilines is 1. The first-order valence-corrected chi connectivity index (χ1v) is 7.23. The summed E-state index contributed by atoms with van der Waals surface area (Å²) in [5.41, 5.74) is 1.60. The number of aromatic nitrogens is 2. The molecule has 0 radical (unpaired) electrons. The molecule has 0 spiro atoms. The molecule has 0 aliphatic carbocycles. The minimum Gasteiger partial charge on any atom is -0.308 e. The van der Waals surface area contributed by atoms with E-state index >= 15 is 0 Å². The molecule has 1 amide bonds. The molecule has 0 fully saturated rings. The van der Waals surface area contributed by atoms with Crippen molar-refractivity contribution in [2.45, 2.75) is 26.4 Å². The maximum Gasteiger partial charge on any atom is 0.416 e. The minimum atomic E-state index is -4.41. The molecule has 1 aromatic heterocycles. The van der Waals surface area contributed by atoms with Crippen molar-refractivity contribution in [2.75, 3.05) is 11.4 Å². The molecule has 1 aliphatic rings. The average molecular weight is 323 g/mol. The summed E-state index contributed by atoms with van der Waals surface area (Å²) in [4.78, 5) is 14.2. The topological polar surface area (TPSA) is 38.1 Å². The number of rotatable bonds is 1. The van der Waals surface area contributed by atoms with Crippen LogP contribution in [-0.2, 0) is 19.6 Å². The highest BCUT2D eigenvalue weighted by molar-refractivity contribution is 6.08. The largest absolute Gasteiger partial charge is 0.416 e. The van der Waals surface area contributed by atoms with Gasteiger partial charge in [0.1, 0.15) is 0 Å². The predicted octanol–water partition coefficient (Wildman–Crippen LogP) is 3.26. The van der Waals surface area contributed by atoms with Gasteiger partial charge in [-0.3, -0.25) is 9.48 Å². The zero-order valence-corrected chi connectivity index (χ0v) is 13.0. The van der Waals surface area contributed by atoms with Crippen molar-refractivity contribution >= 4 is 11.6 Å². The van der Waals surface area contributed by atoms with Gasteiger partial charge < -0.3 is 4.90 Å². The molecule has 4 nitrogen and oxygen atoms in total. The van der Waals surface area contributed by atoms with Crippen LogP contribution in [0, 0.1) is 13.8 Å². The monoisotopic (exact) mass is 323 g/mol. The van der Waals surface area contributed by atoms with E-state index in [4.69, 9.17) is 0 Å². The first-order chi connectivity index (χ1) is 10.7. The van der Waals surface area contributed by atoms with Gasteiger partial charge in [-0.05, 0) is 38.0 Å². The molecule has 3 rings (SSSR count). The summed E-state index contributed by atoms with van der Waals surface area (Å²) in [6, 6.07) is 3.97. The highest BCUT2D eigenvalue weighted by Crippen LogP contribution is 2.40. The summed E-state index contributed by atoms with van der Waals surface area (Å²) < 4.78 is 40.9. The van der Waals surface area contributed by atoms with Crippen LogP contribution < -0.4 is 4.90 Å². The van der Waals surface area contributed by atoms with Crippen LogP contribution in [-0.4, -0.2) is 22.2 Å². The van der Waals surface area contributed by atoms with Crippen LogP contribution in [0.2, 0.25) is 0 Å². The van der Waals surface area contributed by atoms with Crippen LogP contribution >= 0.6 is 0 Å². The number of nitrogens with zero attached hydrogens (tertiary/aromatic N) is 3. The maximum atomic E-state index is 13.1. The lowest BCUT2D eigenvalue weighted by Crippen LogP contribution is -2.29. The smallest absolute Gasteiger partial charge is 0.308 e. The summed E-state index contributed by atoms with van der Waals surface area (Å²) in [7, 11) is 1.73. The van der Waals surface area contributed by atoms with Gasteiger partial charge in [-0.25, -0.2) is 0 Å². The fourth-order valence-electron chi connectivity index (χ4n) is 3.13. The number of carbonyl (C=O) groups is 1. The molecule has 7 heteroatoms. The Labute approximate surface area is 131 Å². The second kappa shape index (κ2) is 5.11. The molecule has 23 heavy (non-hydrogen) atoms. The second-order valence-corrected chi connectivity index (χ2v) is 5.68. The van der Waals surface area contributed by atoms with Crippen molar-refractivity contribution in [3.8, 4) is 0 Å². The van der Waals surface area contributed by atoms with Crippen LogP contribution in [0.4, 0.5) is 18.9 Å². The van der Waals surface area contributed by atoms with E-state index in [-0.39, 0.29) is 24.4 Å². The molecule has 0 atom stereocenters. The quantitative estimate of drug-likeness (QED) is 0.808. The van der Waals surface area contributed by atoms with E-state index in [2.05, 4.69) is 5.10 Å². The van der Waals surface area contributed by atoms with E-state index in [1.165, 1.54) is 11.0 Å². The molecule has 0 unspecified atom stereocenters. The Hall–Kier alpha value is -2.31. The lowest BCUT2D eigenvalue weighted by Gasteiger charge is -2.18. The van der Waals surface area contributed by atoms with Gasteiger partial charge in [0.2, 0.25) is 0 Å². The van der Waals surface area contributed by atoms with Crippen molar-refractivity contribution < 1.29 is 18.0 Å². The van der Waals surface area contributed by atoms with Crippen molar-refractivity contribution in [1.82, 2.24) is 9.78 Å². The number of benzene rings is 1. The number of hydrogen-bond acceptors (Lipinski definition) is 2. The van der Waals surface area contributed by atoms with Crippen LogP contribution in [0.1, 0.15) is 32.9 Å². The molecule has 0 bridgehead atoms. The molecule has 2 heterocycles. The zero-order valence-electron chi connectivity index (χ0n) is 13.0. The van der Waals surface area contributed by atoms with E-state index in [0.717, 1.165) is 6.07 Å². The highest BCUT2D eigenvalue weighted by atomic mass is 19.4. The standard InChI is InChI=1S/C16H16F3N3O/c1-9-14(10(2)21(3)20-9)15(23)22-8-7-11-12(16(17,18)19)5-4-6-13(11)22/h4-6H,7-8H2,1-3H3. The fourth-order valence-corrected chi connectivity index (χ4v) is 3.13. The third-order valence-corrected chi connectivity index (χ3v) is 4.30. The van der Waals surface area contributed by atoms with Gasteiger partial charge in [0, 0.05) is 25.0 Å². The normalized spacial score (nSPS) is 14.3. The van der Waals surface area contributed by atoms with E-state index < -0.39 is 11.7 Å². The number of amides is 1. The van der Waals surface area contributed by atoms with E-state index in [1.807, 2.05) is 0 Å². The number of aryl methyl sites for hydroxylation is 2. The van der Waals surface area contributed by atoms with E-state index in [1.54, 1.807) is 31.6 Å². The molecule has 0 N–H and O–H groups in total. The Morgan fingerprint density at radius 2 is 1.96 bits per heavy atom. The lowest BCUT2D eigenvalue weighted by atomic mass is 10.0. The maximum absolute atomic E-state index is 13.1. The number of fused-ring (bicyclic) bond motifs is 1. The number of halogens is 3. The van der Waals surface area contributed by atoms with Crippen LogP contribution in [0.15, 0.2) is 18.2 Å². The molecule has 122 valence electrons. The van der Waals surface area contributed by atoms with Crippen molar-refractivity contribution in [3.63, 3.8) is 0 Å². The predicted molar refractivity (Wildman–Crippen MR) is 79.5 cm³/mol. The average Bonchev–Trinajstić information content (AvgIpc) is 2.99. The van der Waals surface area contributed by atoms with Crippen molar-refractivity contribution in [3.05, 3.63) is 46.3 Å². The third-order valence-electron chi connectivity index (χ3n) is 4.30. The summed E-state index contributed by atoms with van der Waals surface area (Å²) in [6.07, 6.45) is -4.21. The molecule has 0 saturated carbocycles. The summed E-state index contributed by atoms with van der Waals surface area (Å²) in [5.74, 6) is -0.300. The number of alkyl halides is 3. The summed E-state index contributed by atoms with van der Waals surface area (Å²) >= 11 is 0. The Morgan fingerprint density at radius 3 is 2.52 bits per heavy atom. The minimum absolute atomic E-state index is 0.188. The fraction of sp³-hybridized carbons (Fsp3) is 0.375. The van der Waals surface area contributed by atoms with Crippen LogP contribution in [0.3, 0.4) is 0 Å². The Kier molecular flexibility index (Phi) is 3.46. The molecular formula is C16H16F3N3O. The van der Waals surface area contributed by atoms with Gasteiger partial charge in [-0.1, -0.05) is 6.07 Å². The SMILES string of the molecule is Cc1nn(C)c(C)c1C(=O)N1CCc2c1cccc2C(F)(F)F. The van der Waals surface area contributed by atoms with Crippen LogP contribution in [0.25, 0.3) is 0 Å². The van der Waals surface area contributed by atoms with Crippen molar-refractivity contribution in [1.29, 1.82) is 0 Å². The van der Waals surface area contributed by atoms with Crippen LogP contribution in [0.5, 0.6) is 0 Å². The first-order valence-electron chi connectivity index (χ1n) is 7.23. The molecule has 1 aliphatic heterocycles. The van der Waals surface area contributed by atoms with Gasteiger partial charge in [0.25, 0.3) is 5.91 Å². The third kappa shape index (κ3) is 2.40. The zero-order chi connectivity index (χ0) is 16.9. The van der Waals surface area contributed by atoms with Gasteiger partial charge >= 0.3 is 6.18 Å². The Morgan fingerprint density at radius 1 is 1.26 bits per heavy atom. The lowest BCUT2D eigenvalue weighted by molar-refractivity contribution is -0.138. The van der Waals surface area contributed by atoms with Gasteiger partial charge in [-0.15, -0.1) is 0 Å². The number of hydrogen-bond donors (Lipinski definition) is 0. The summed E-state index contributed by atoms with van der Waals surface area (Å²) in [6.45, 7) is 3.74. The molecule has 2 aromatic rings. The highest BCUT2D eigenvalue weighted by Gasteiger charge is 2.38. The van der Waals surface area contributed by atoms with Gasteiger partial charge in [0.15, 0.2) is 0 Å². The second-order valence-electron chi connectivity index (χ2n) is 5.68. The first kappa shape index (κ1) is 15.6. The Balaban J connectivity index is 2.05. The molecular weight excluding hydrogens is 307 g/mol. The van der Waals surface area contributed by atoms with Gasteiger partial charge in [-0.2, -0.15) is 18.3 Å². The van der Waals surface area contributed by atoms with E-state index in [0.29, 0.717) is 22.6 Å². The number of carbonyl (C=O) groups excluding carboxylic acids is 1. The van der Waals surface area contributed by atoms with Gasteiger partial charge in [0.05, 0.1) is 16.8 Å².